The summed E-state index contributed by atoms with van der Waals surface area (Å²) in [5, 5.41) is 0. The number of aromatic nitrogens is 1. The van der Waals surface area contributed by atoms with Gasteiger partial charge in [-0.05, 0) is 38.8 Å². The highest BCUT2D eigenvalue weighted by atomic mass is 16.2. The second-order valence-corrected chi connectivity index (χ2v) is 5.00. The third-order valence-corrected chi connectivity index (χ3v) is 3.16. The van der Waals surface area contributed by atoms with Gasteiger partial charge in [0.2, 0.25) is 5.91 Å². The van der Waals surface area contributed by atoms with Gasteiger partial charge >= 0.3 is 0 Å². The van der Waals surface area contributed by atoms with Crippen LogP contribution < -0.4 is 5.73 Å². The normalized spacial score (nSPS) is 16.9. The Kier molecular flexibility index (Phi) is 3.15. The third-order valence-electron chi connectivity index (χ3n) is 3.16. The number of carbonyl (C=O) groups is 1. The molecule has 1 aliphatic rings. The maximum Gasteiger partial charge on any atom is 0.243 e. The summed E-state index contributed by atoms with van der Waals surface area (Å²) >= 11 is 0. The summed E-state index contributed by atoms with van der Waals surface area (Å²) in [6.45, 7) is 4.55. The van der Waals surface area contributed by atoms with Gasteiger partial charge in [0.25, 0.3) is 0 Å². The Morgan fingerprint density at radius 3 is 2.71 bits per heavy atom. The lowest BCUT2D eigenvalue weighted by molar-refractivity contribution is -0.136. The minimum Gasteiger partial charge on any atom is -0.333 e. The van der Waals surface area contributed by atoms with E-state index in [2.05, 4.69) is 4.98 Å². The summed E-state index contributed by atoms with van der Waals surface area (Å²) in [6, 6.07) is 5.88. The highest BCUT2D eigenvalue weighted by molar-refractivity contribution is 5.89. The fraction of sp³-hybridized carbons (Fsp3) is 0.538. The van der Waals surface area contributed by atoms with E-state index in [9.17, 15) is 4.79 Å². The maximum absolute atomic E-state index is 12.2. The quantitative estimate of drug-likeness (QED) is 0.853. The van der Waals surface area contributed by atoms with Crippen LogP contribution in [0.5, 0.6) is 0 Å². The van der Waals surface area contributed by atoms with Crippen LogP contribution >= 0.6 is 0 Å². The summed E-state index contributed by atoms with van der Waals surface area (Å²) < 4.78 is 0. The standard InChI is InChI=1S/C13H19N3O/c1-10(2)16(12(17)13(14)6-7-13)9-11-5-3-4-8-15-11/h3-5,8,10H,6-7,9,14H2,1-2H3. The number of pyridine rings is 1. The van der Waals surface area contributed by atoms with Gasteiger partial charge in [0.05, 0.1) is 17.8 Å². The first-order valence-electron chi connectivity index (χ1n) is 6.03. The van der Waals surface area contributed by atoms with Gasteiger partial charge in [-0.25, -0.2) is 0 Å². The molecule has 0 bridgehead atoms. The van der Waals surface area contributed by atoms with Crippen molar-refractivity contribution in [3.63, 3.8) is 0 Å². The van der Waals surface area contributed by atoms with E-state index in [4.69, 9.17) is 5.73 Å². The van der Waals surface area contributed by atoms with Gasteiger partial charge in [-0.2, -0.15) is 0 Å². The molecule has 2 rings (SSSR count). The Balaban J connectivity index is 2.11. The van der Waals surface area contributed by atoms with Crippen molar-refractivity contribution < 1.29 is 4.79 Å². The molecular weight excluding hydrogens is 214 g/mol. The van der Waals surface area contributed by atoms with Gasteiger partial charge in [0.15, 0.2) is 0 Å². The SMILES string of the molecule is CC(C)N(Cc1ccccn1)C(=O)C1(N)CC1. The maximum atomic E-state index is 12.2. The van der Waals surface area contributed by atoms with Crippen LogP contribution in [0.1, 0.15) is 32.4 Å². The highest BCUT2D eigenvalue weighted by Crippen LogP contribution is 2.35. The zero-order chi connectivity index (χ0) is 12.5. The van der Waals surface area contributed by atoms with Crippen molar-refractivity contribution >= 4 is 5.91 Å². The Morgan fingerprint density at radius 1 is 1.53 bits per heavy atom. The lowest BCUT2D eigenvalue weighted by Gasteiger charge is -2.29. The van der Waals surface area contributed by atoms with Crippen molar-refractivity contribution in [3.8, 4) is 0 Å². The molecule has 0 aromatic carbocycles. The molecule has 1 aromatic heterocycles. The van der Waals surface area contributed by atoms with E-state index in [0.29, 0.717) is 6.54 Å². The molecule has 92 valence electrons. The molecule has 0 atom stereocenters. The minimum absolute atomic E-state index is 0.0538. The summed E-state index contributed by atoms with van der Waals surface area (Å²) in [6.07, 6.45) is 3.35. The molecule has 1 heterocycles. The molecule has 1 aliphatic carbocycles. The molecule has 4 heteroatoms. The van der Waals surface area contributed by atoms with Crippen molar-refractivity contribution in [1.29, 1.82) is 0 Å². The largest absolute Gasteiger partial charge is 0.333 e. The van der Waals surface area contributed by atoms with Gasteiger partial charge in [-0.3, -0.25) is 9.78 Å². The van der Waals surface area contributed by atoms with Crippen LogP contribution in [0.25, 0.3) is 0 Å². The molecule has 1 aromatic rings. The van der Waals surface area contributed by atoms with Gasteiger partial charge in [-0.1, -0.05) is 6.07 Å². The van der Waals surface area contributed by atoms with Crippen LogP contribution in [-0.4, -0.2) is 27.4 Å². The molecular formula is C13H19N3O. The average molecular weight is 233 g/mol. The van der Waals surface area contributed by atoms with Gasteiger partial charge in [-0.15, -0.1) is 0 Å². The van der Waals surface area contributed by atoms with Crippen LogP contribution in [0.2, 0.25) is 0 Å². The second-order valence-electron chi connectivity index (χ2n) is 5.00. The first-order valence-corrected chi connectivity index (χ1v) is 6.03. The van der Waals surface area contributed by atoms with Crippen LogP contribution in [0.4, 0.5) is 0 Å². The Labute approximate surface area is 102 Å². The number of rotatable bonds is 4. The first-order chi connectivity index (χ1) is 8.03. The van der Waals surface area contributed by atoms with E-state index in [-0.39, 0.29) is 11.9 Å². The van der Waals surface area contributed by atoms with Gasteiger partial charge in [0, 0.05) is 12.2 Å². The molecule has 0 aliphatic heterocycles. The number of nitrogens with zero attached hydrogens (tertiary/aromatic N) is 2. The molecule has 0 spiro atoms. The molecule has 0 saturated heterocycles. The second kappa shape index (κ2) is 4.45. The fourth-order valence-corrected chi connectivity index (χ4v) is 1.79. The number of amides is 1. The fourth-order valence-electron chi connectivity index (χ4n) is 1.79. The third kappa shape index (κ3) is 2.64. The zero-order valence-electron chi connectivity index (χ0n) is 10.4. The van der Waals surface area contributed by atoms with Gasteiger partial charge in [0.1, 0.15) is 0 Å². The van der Waals surface area contributed by atoms with E-state index >= 15 is 0 Å². The molecule has 1 saturated carbocycles. The van der Waals surface area contributed by atoms with Crippen molar-refractivity contribution in [3.05, 3.63) is 30.1 Å². The Bertz CT molecular complexity index is 398. The molecule has 0 unspecified atom stereocenters. The Hall–Kier alpha value is -1.42. The summed E-state index contributed by atoms with van der Waals surface area (Å²) in [4.78, 5) is 18.3. The van der Waals surface area contributed by atoms with Crippen LogP contribution in [-0.2, 0) is 11.3 Å². The first kappa shape index (κ1) is 12.0. The molecule has 0 radical (unpaired) electrons. The number of nitrogens with two attached hydrogens (primary N) is 1. The van der Waals surface area contributed by atoms with E-state index in [1.807, 2.05) is 36.9 Å². The number of hydrogen-bond acceptors (Lipinski definition) is 3. The van der Waals surface area contributed by atoms with E-state index in [0.717, 1.165) is 18.5 Å². The summed E-state index contributed by atoms with van der Waals surface area (Å²) in [7, 11) is 0. The van der Waals surface area contributed by atoms with Crippen molar-refractivity contribution in [2.24, 2.45) is 5.73 Å². The van der Waals surface area contributed by atoms with Crippen LogP contribution in [0.15, 0.2) is 24.4 Å². The monoisotopic (exact) mass is 233 g/mol. The van der Waals surface area contributed by atoms with Crippen molar-refractivity contribution in [2.45, 2.75) is 44.8 Å². The van der Waals surface area contributed by atoms with E-state index < -0.39 is 5.54 Å². The minimum atomic E-state index is -0.598. The number of carbonyl (C=O) groups excluding carboxylic acids is 1. The summed E-state index contributed by atoms with van der Waals surface area (Å²) in [5.41, 5.74) is 6.27. The molecule has 4 nitrogen and oxygen atoms in total. The number of hydrogen-bond donors (Lipinski definition) is 1. The van der Waals surface area contributed by atoms with Gasteiger partial charge < -0.3 is 10.6 Å². The average Bonchev–Trinajstić information content (AvgIpc) is 3.06. The lowest BCUT2D eigenvalue weighted by atomic mass is 10.2. The van der Waals surface area contributed by atoms with E-state index in [1.54, 1.807) is 6.20 Å². The van der Waals surface area contributed by atoms with Crippen LogP contribution in [0.3, 0.4) is 0 Å². The molecule has 17 heavy (non-hydrogen) atoms. The molecule has 2 N–H and O–H groups in total. The summed E-state index contributed by atoms with van der Waals surface area (Å²) in [5.74, 6) is 0.0538. The predicted molar refractivity (Wildman–Crippen MR) is 66.1 cm³/mol. The Morgan fingerprint density at radius 2 is 2.24 bits per heavy atom. The predicted octanol–water partition coefficient (Wildman–Crippen LogP) is 1.31. The lowest BCUT2D eigenvalue weighted by Crippen LogP contribution is -2.48. The van der Waals surface area contributed by atoms with Crippen LogP contribution in [0, 0.1) is 0 Å². The van der Waals surface area contributed by atoms with Crippen molar-refractivity contribution in [1.82, 2.24) is 9.88 Å². The zero-order valence-corrected chi connectivity index (χ0v) is 10.4. The van der Waals surface area contributed by atoms with E-state index in [1.165, 1.54) is 0 Å². The van der Waals surface area contributed by atoms with Crippen molar-refractivity contribution in [2.75, 3.05) is 0 Å². The topological polar surface area (TPSA) is 59.2 Å². The smallest absolute Gasteiger partial charge is 0.243 e. The molecule has 1 amide bonds. The highest BCUT2D eigenvalue weighted by Gasteiger charge is 2.48. The molecule has 1 fully saturated rings.